The summed E-state index contributed by atoms with van der Waals surface area (Å²) in [7, 11) is 1.86. The van der Waals surface area contributed by atoms with Crippen LogP contribution in [0.5, 0.6) is 0 Å². The van der Waals surface area contributed by atoms with Gasteiger partial charge in [-0.15, -0.1) is 0 Å². The van der Waals surface area contributed by atoms with Crippen molar-refractivity contribution in [2.75, 3.05) is 20.1 Å². The summed E-state index contributed by atoms with van der Waals surface area (Å²) in [4.78, 5) is 13.0. The van der Waals surface area contributed by atoms with Crippen molar-refractivity contribution >= 4 is 6.03 Å². The summed E-state index contributed by atoms with van der Waals surface area (Å²) in [6.45, 7) is 1.73. The highest BCUT2D eigenvalue weighted by molar-refractivity contribution is 5.73. The molecule has 0 aromatic rings. The van der Waals surface area contributed by atoms with Crippen LogP contribution in [-0.2, 0) is 0 Å². The van der Waals surface area contributed by atoms with Gasteiger partial charge in [-0.3, -0.25) is 0 Å². The molecular weight excluding hydrogens is 152 g/mol. The summed E-state index contributed by atoms with van der Waals surface area (Å²) in [5, 5.41) is 2.89. The first-order valence-electron chi connectivity index (χ1n) is 4.79. The number of carbonyl (C=O) groups excluding carboxylic acids is 1. The fraction of sp³-hybridized carbons (Fsp3) is 0.889. The van der Waals surface area contributed by atoms with Crippen LogP contribution in [-0.4, -0.2) is 31.1 Å². The average molecular weight is 170 g/mol. The van der Waals surface area contributed by atoms with E-state index in [0.29, 0.717) is 0 Å². The maximum absolute atomic E-state index is 11.2. The second kappa shape index (κ2) is 5.01. The van der Waals surface area contributed by atoms with Gasteiger partial charge in [0.05, 0.1) is 0 Å². The van der Waals surface area contributed by atoms with Gasteiger partial charge in [0.1, 0.15) is 0 Å². The van der Waals surface area contributed by atoms with Crippen LogP contribution in [0.15, 0.2) is 0 Å². The molecule has 1 rings (SSSR count). The third-order valence-corrected chi connectivity index (χ3v) is 2.29. The van der Waals surface area contributed by atoms with Gasteiger partial charge in [-0.05, 0) is 12.8 Å². The normalized spacial score (nSPS) is 21.8. The molecule has 1 heterocycles. The van der Waals surface area contributed by atoms with Crippen LogP contribution in [0.25, 0.3) is 0 Å². The highest BCUT2D eigenvalue weighted by Crippen LogP contribution is 2.05. The summed E-state index contributed by atoms with van der Waals surface area (Å²) in [5.41, 5.74) is 0. The minimum absolute atomic E-state index is 0.0805. The van der Waals surface area contributed by atoms with E-state index in [1.165, 1.54) is 19.3 Å². The number of rotatable bonds is 0. The monoisotopic (exact) mass is 170 g/mol. The summed E-state index contributed by atoms with van der Waals surface area (Å²) < 4.78 is 0. The third-order valence-electron chi connectivity index (χ3n) is 2.29. The number of hydrogen-bond donors (Lipinski definition) is 1. The van der Waals surface area contributed by atoms with Crippen LogP contribution in [0.4, 0.5) is 4.79 Å². The van der Waals surface area contributed by atoms with E-state index < -0.39 is 0 Å². The molecule has 1 fully saturated rings. The van der Waals surface area contributed by atoms with E-state index in [0.717, 1.165) is 25.9 Å². The molecule has 0 radical (unpaired) electrons. The van der Waals surface area contributed by atoms with E-state index >= 15 is 0 Å². The van der Waals surface area contributed by atoms with E-state index in [9.17, 15) is 4.79 Å². The summed E-state index contributed by atoms with van der Waals surface area (Å²) >= 11 is 0. The largest absolute Gasteiger partial charge is 0.338 e. The summed E-state index contributed by atoms with van der Waals surface area (Å²) in [6, 6.07) is 0.0805. The van der Waals surface area contributed by atoms with Crippen LogP contribution in [0, 0.1) is 0 Å². The van der Waals surface area contributed by atoms with Crippen LogP contribution < -0.4 is 5.32 Å². The Labute approximate surface area is 74.1 Å². The Morgan fingerprint density at radius 2 is 1.83 bits per heavy atom. The molecule has 0 aromatic carbocycles. The number of amides is 2. The van der Waals surface area contributed by atoms with Gasteiger partial charge in [0.2, 0.25) is 0 Å². The number of carbonyl (C=O) groups is 1. The molecule has 1 N–H and O–H groups in total. The standard InChI is InChI=1S/C9H18N2O/c1-11-8-6-4-2-3-5-7-10-9(11)12/h2-8H2,1H3,(H,10,12). The highest BCUT2D eigenvalue weighted by atomic mass is 16.2. The van der Waals surface area contributed by atoms with Crippen LogP contribution in [0.2, 0.25) is 0 Å². The summed E-state index contributed by atoms with van der Waals surface area (Å²) in [6.07, 6.45) is 6.09. The zero-order valence-corrected chi connectivity index (χ0v) is 7.81. The molecule has 0 spiro atoms. The lowest BCUT2D eigenvalue weighted by atomic mass is 10.1. The van der Waals surface area contributed by atoms with Crippen LogP contribution >= 0.6 is 0 Å². The van der Waals surface area contributed by atoms with Crippen molar-refractivity contribution in [2.45, 2.75) is 32.1 Å². The maximum Gasteiger partial charge on any atom is 0.317 e. The Kier molecular flexibility index (Phi) is 3.91. The van der Waals surface area contributed by atoms with Gasteiger partial charge in [-0.1, -0.05) is 19.3 Å². The first-order valence-corrected chi connectivity index (χ1v) is 4.79. The number of nitrogens with one attached hydrogen (secondary N) is 1. The molecular formula is C9H18N2O. The molecule has 0 unspecified atom stereocenters. The van der Waals surface area contributed by atoms with Gasteiger partial charge in [0.25, 0.3) is 0 Å². The maximum atomic E-state index is 11.2. The molecule has 0 atom stereocenters. The number of urea groups is 1. The molecule has 70 valence electrons. The highest BCUT2D eigenvalue weighted by Gasteiger charge is 2.07. The van der Waals surface area contributed by atoms with Crippen molar-refractivity contribution in [1.29, 1.82) is 0 Å². The SMILES string of the molecule is CN1CCCCCCCNC1=O. The second-order valence-corrected chi connectivity index (χ2v) is 3.42. The van der Waals surface area contributed by atoms with E-state index in [-0.39, 0.29) is 6.03 Å². The first kappa shape index (κ1) is 9.36. The van der Waals surface area contributed by atoms with E-state index in [4.69, 9.17) is 0 Å². The Hall–Kier alpha value is -0.730. The minimum Gasteiger partial charge on any atom is -0.338 e. The van der Waals surface area contributed by atoms with Gasteiger partial charge < -0.3 is 10.2 Å². The Bertz CT molecular complexity index is 147. The second-order valence-electron chi connectivity index (χ2n) is 3.42. The average Bonchev–Trinajstić information content (AvgIpc) is 2.08. The van der Waals surface area contributed by atoms with E-state index in [1.807, 2.05) is 7.05 Å². The van der Waals surface area contributed by atoms with Crippen molar-refractivity contribution in [2.24, 2.45) is 0 Å². The van der Waals surface area contributed by atoms with Crippen molar-refractivity contribution in [3.05, 3.63) is 0 Å². The lowest BCUT2D eigenvalue weighted by Gasteiger charge is -2.19. The van der Waals surface area contributed by atoms with Gasteiger partial charge >= 0.3 is 6.03 Å². The van der Waals surface area contributed by atoms with Crippen LogP contribution in [0.3, 0.4) is 0 Å². The molecule has 1 aliphatic heterocycles. The molecule has 3 heteroatoms. The molecule has 0 saturated carbocycles. The molecule has 0 bridgehead atoms. The van der Waals surface area contributed by atoms with Crippen molar-refractivity contribution in [3.8, 4) is 0 Å². The molecule has 0 aromatic heterocycles. The molecule has 1 saturated heterocycles. The third kappa shape index (κ3) is 3.11. The molecule has 0 aliphatic carbocycles. The van der Waals surface area contributed by atoms with Crippen molar-refractivity contribution in [3.63, 3.8) is 0 Å². The van der Waals surface area contributed by atoms with E-state index in [2.05, 4.69) is 5.32 Å². The van der Waals surface area contributed by atoms with Gasteiger partial charge in [0, 0.05) is 20.1 Å². The zero-order chi connectivity index (χ0) is 8.81. The summed E-state index contributed by atoms with van der Waals surface area (Å²) in [5.74, 6) is 0. The number of hydrogen-bond acceptors (Lipinski definition) is 1. The van der Waals surface area contributed by atoms with E-state index in [1.54, 1.807) is 4.90 Å². The van der Waals surface area contributed by atoms with Crippen molar-refractivity contribution < 1.29 is 4.79 Å². The quantitative estimate of drug-likeness (QED) is 0.588. The fourth-order valence-electron chi connectivity index (χ4n) is 1.44. The smallest absolute Gasteiger partial charge is 0.317 e. The lowest BCUT2D eigenvalue weighted by molar-refractivity contribution is 0.206. The predicted molar refractivity (Wildman–Crippen MR) is 49.1 cm³/mol. The first-order chi connectivity index (χ1) is 5.80. The zero-order valence-electron chi connectivity index (χ0n) is 7.81. The molecule has 12 heavy (non-hydrogen) atoms. The lowest BCUT2D eigenvalue weighted by Crippen LogP contribution is -2.38. The van der Waals surface area contributed by atoms with Crippen molar-refractivity contribution in [1.82, 2.24) is 10.2 Å². The predicted octanol–water partition coefficient (Wildman–Crippen LogP) is 1.59. The minimum atomic E-state index is 0.0805. The molecule has 3 nitrogen and oxygen atoms in total. The van der Waals surface area contributed by atoms with Gasteiger partial charge in [0.15, 0.2) is 0 Å². The molecule has 2 amide bonds. The van der Waals surface area contributed by atoms with Crippen LogP contribution in [0.1, 0.15) is 32.1 Å². The van der Waals surface area contributed by atoms with Gasteiger partial charge in [-0.25, -0.2) is 4.79 Å². The topological polar surface area (TPSA) is 32.3 Å². The Morgan fingerprint density at radius 1 is 1.17 bits per heavy atom. The fourth-order valence-corrected chi connectivity index (χ4v) is 1.44. The Balaban J connectivity index is 2.31. The van der Waals surface area contributed by atoms with Gasteiger partial charge in [-0.2, -0.15) is 0 Å². The Morgan fingerprint density at radius 3 is 2.67 bits per heavy atom. The number of nitrogens with zero attached hydrogens (tertiary/aromatic N) is 1. The molecule has 1 aliphatic rings.